The number of halogens is 1. The third-order valence-electron chi connectivity index (χ3n) is 2.42. The number of carbonyl (C=O) groups is 1. The number of hydrogen-bond acceptors (Lipinski definition) is 3. The number of hydrogen-bond donors (Lipinski definition) is 2. The average Bonchev–Trinajstić information content (AvgIpc) is 2.40. The van der Waals surface area contributed by atoms with E-state index in [0.717, 1.165) is 0 Å². The molecule has 0 aliphatic carbocycles. The number of benzene rings is 1. The first-order chi connectivity index (χ1) is 9.08. The summed E-state index contributed by atoms with van der Waals surface area (Å²) in [5.41, 5.74) is 0.574. The first-order valence-corrected chi connectivity index (χ1v) is 5.81. The van der Waals surface area contributed by atoms with Gasteiger partial charge in [0.05, 0.1) is 12.2 Å². The number of aliphatic hydroxyl groups excluding tert-OH is 1. The van der Waals surface area contributed by atoms with Gasteiger partial charge in [0.25, 0.3) is 5.91 Å². The Labute approximate surface area is 111 Å². The molecule has 0 bridgehead atoms. The van der Waals surface area contributed by atoms with Gasteiger partial charge < -0.3 is 15.2 Å². The van der Waals surface area contributed by atoms with Crippen LogP contribution in [0.3, 0.4) is 0 Å². The quantitative estimate of drug-likeness (QED) is 0.812. The number of nitrogens with one attached hydrogen (secondary N) is 1. The van der Waals surface area contributed by atoms with Gasteiger partial charge >= 0.3 is 0 Å². The second-order valence-corrected chi connectivity index (χ2v) is 3.84. The molecule has 0 fully saturated rings. The lowest BCUT2D eigenvalue weighted by Gasteiger charge is -2.10. The number of aliphatic hydroxyl groups is 1. The molecule has 102 valence electrons. The Morgan fingerprint density at radius 2 is 2.32 bits per heavy atom. The zero-order chi connectivity index (χ0) is 14.3. The van der Waals surface area contributed by atoms with Gasteiger partial charge in [0.2, 0.25) is 0 Å². The van der Waals surface area contributed by atoms with Crippen LogP contribution < -0.4 is 5.32 Å². The van der Waals surface area contributed by atoms with E-state index in [2.05, 4.69) is 17.2 Å². The smallest absolute Gasteiger partial charge is 0.253 e. The van der Waals surface area contributed by atoms with E-state index >= 15 is 0 Å². The minimum atomic E-state index is -0.605. The Kier molecular flexibility index (Phi) is 6.00. The fraction of sp³-hybridized carbons (Fsp3) is 0.357. The van der Waals surface area contributed by atoms with Crippen molar-refractivity contribution >= 4 is 11.6 Å². The van der Waals surface area contributed by atoms with Crippen LogP contribution in [0.5, 0.6) is 0 Å². The summed E-state index contributed by atoms with van der Waals surface area (Å²) in [6.45, 7) is 1.54. The van der Waals surface area contributed by atoms with Crippen molar-refractivity contribution in [1.29, 1.82) is 0 Å². The van der Waals surface area contributed by atoms with Crippen molar-refractivity contribution in [2.45, 2.75) is 19.4 Å². The van der Waals surface area contributed by atoms with E-state index in [1.807, 2.05) is 0 Å². The van der Waals surface area contributed by atoms with Gasteiger partial charge in [-0.3, -0.25) is 4.79 Å². The molecule has 2 N–H and O–H groups in total. The fourth-order valence-electron chi connectivity index (χ4n) is 1.26. The van der Waals surface area contributed by atoms with Gasteiger partial charge in [-0.25, -0.2) is 4.39 Å². The maximum Gasteiger partial charge on any atom is 0.253 e. The summed E-state index contributed by atoms with van der Waals surface area (Å²) in [4.78, 5) is 11.5. The van der Waals surface area contributed by atoms with Crippen molar-refractivity contribution < 1.29 is 19.0 Å². The van der Waals surface area contributed by atoms with Gasteiger partial charge in [0.15, 0.2) is 0 Å². The van der Waals surface area contributed by atoms with E-state index in [-0.39, 0.29) is 18.1 Å². The SMILES string of the molecule is COC(C)C(=O)Nc1ccc(C#CCCO)c(F)c1. The normalized spacial score (nSPS) is 11.4. The molecule has 4 nitrogen and oxygen atoms in total. The maximum absolute atomic E-state index is 13.7. The number of ether oxygens (including phenoxy) is 1. The third-order valence-corrected chi connectivity index (χ3v) is 2.42. The van der Waals surface area contributed by atoms with Crippen molar-refractivity contribution in [3.63, 3.8) is 0 Å². The second kappa shape index (κ2) is 7.52. The molecule has 1 rings (SSSR count). The summed E-state index contributed by atoms with van der Waals surface area (Å²) in [7, 11) is 1.42. The van der Waals surface area contributed by atoms with E-state index in [4.69, 9.17) is 9.84 Å². The Balaban J connectivity index is 2.78. The maximum atomic E-state index is 13.7. The zero-order valence-corrected chi connectivity index (χ0v) is 10.9. The number of anilines is 1. The predicted molar refractivity (Wildman–Crippen MR) is 70.1 cm³/mol. The Morgan fingerprint density at radius 3 is 2.89 bits per heavy atom. The van der Waals surface area contributed by atoms with E-state index < -0.39 is 11.9 Å². The monoisotopic (exact) mass is 265 g/mol. The first-order valence-electron chi connectivity index (χ1n) is 5.81. The zero-order valence-electron chi connectivity index (χ0n) is 10.9. The number of methoxy groups -OCH3 is 1. The van der Waals surface area contributed by atoms with Gasteiger partial charge in [-0.1, -0.05) is 11.8 Å². The third kappa shape index (κ3) is 4.70. The second-order valence-electron chi connectivity index (χ2n) is 3.84. The molecule has 0 aliphatic rings. The van der Waals surface area contributed by atoms with Gasteiger partial charge in [-0.2, -0.15) is 0 Å². The van der Waals surface area contributed by atoms with Crippen LogP contribution in [0.4, 0.5) is 10.1 Å². The summed E-state index contributed by atoms with van der Waals surface area (Å²) in [5, 5.41) is 11.1. The molecular formula is C14H16FNO3. The molecular weight excluding hydrogens is 249 g/mol. The minimum Gasteiger partial charge on any atom is -0.395 e. The van der Waals surface area contributed by atoms with Crippen molar-refractivity contribution in [2.24, 2.45) is 0 Å². The molecule has 5 heteroatoms. The van der Waals surface area contributed by atoms with E-state index in [0.29, 0.717) is 12.1 Å². The summed E-state index contributed by atoms with van der Waals surface area (Å²) in [5.74, 6) is 4.37. The lowest BCUT2D eigenvalue weighted by molar-refractivity contribution is -0.124. The topological polar surface area (TPSA) is 58.6 Å². The van der Waals surface area contributed by atoms with Crippen LogP contribution in [0.15, 0.2) is 18.2 Å². The van der Waals surface area contributed by atoms with Crippen LogP contribution in [-0.2, 0) is 9.53 Å². The molecule has 19 heavy (non-hydrogen) atoms. The highest BCUT2D eigenvalue weighted by Gasteiger charge is 2.12. The molecule has 0 heterocycles. The largest absolute Gasteiger partial charge is 0.395 e. The predicted octanol–water partition coefficient (Wildman–Crippen LogP) is 1.53. The Hall–Kier alpha value is -1.90. The highest BCUT2D eigenvalue weighted by molar-refractivity contribution is 5.93. The van der Waals surface area contributed by atoms with E-state index in [9.17, 15) is 9.18 Å². The fourth-order valence-corrected chi connectivity index (χ4v) is 1.26. The molecule has 1 atom stereocenters. The lowest BCUT2D eigenvalue weighted by Crippen LogP contribution is -2.26. The van der Waals surface area contributed by atoms with Gasteiger partial charge in [0.1, 0.15) is 11.9 Å². The molecule has 0 aromatic heterocycles. The summed E-state index contributed by atoms with van der Waals surface area (Å²) >= 11 is 0. The van der Waals surface area contributed by atoms with Crippen LogP contribution in [0.25, 0.3) is 0 Å². The first kappa shape index (κ1) is 15.2. The molecule has 0 aliphatic heterocycles. The molecule has 0 radical (unpaired) electrons. The number of carbonyl (C=O) groups excluding carboxylic acids is 1. The van der Waals surface area contributed by atoms with Crippen molar-refractivity contribution in [3.8, 4) is 11.8 Å². The highest BCUT2D eigenvalue weighted by atomic mass is 19.1. The van der Waals surface area contributed by atoms with Gasteiger partial charge in [-0.05, 0) is 25.1 Å². The Morgan fingerprint density at radius 1 is 1.58 bits per heavy atom. The van der Waals surface area contributed by atoms with Crippen molar-refractivity contribution in [3.05, 3.63) is 29.6 Å². The molecule has 1 unspecified atom stereocenters. The van der Waals surface area contributed by atoms with Crippen molar-refractivity contribution in [1.82, 2.24) is 0 Å². The number of rotatable bonds is 4. The highest BCUT2D eigenvalue weighted by Crippen LogP contribution is 2.14. The minimum absolute atomic E-state index is 0.0579. The average molecular weight is 265 g/mol. The molecule has 0 saturated heterocycles. The van der Waals surface area contributed by atoms with Crippen LogP contribution in [0, 0.1) is 17.7 Å². The van der Waals surface area contributed by atoms with Crippen molar-refractivity contribution in [2.75, 3.05) is 19.0 Å². The number of amides is 1. The lowest BCUT2D eigenvalue weighted by atomic mass is 10.2. The van der Waals surface area contributed by atoms with E-state index in [1.165, 1.54) is 19.2 Å². The summed E-state index contributed by atoms with van der Waals surface area (Å²) in [6, 6.07) is 4.24. The Bertz CT molecular complexity index is 505. The summed E-state index contributed by atoms with van der Waals surface area (Å²) in [6.07, 6.45) is -0.310. The van der Waals surface area contributed by atoms with Gasteiger partial charge in [-0.15, -0.1) is 0 Å². The summed E-state index contributed by atoms with van der Waals surface area (Å²) < 4.78 is 18.5. The molecule has 1 aromatic carbocycles. The molecule has 0 spiro atoms. The van der Waals surface area contributed by atoms with Crippen LogP contribution >= 0.6 is 0 Å². The molecule has 0 saturated carbocycles. The van der Waals surface area contributed by atoms with Crippen LogP contribution in [0.2, 0.25) is 0 Å². The molecule has 1 amide bonds. The van der Waals surface area contributed by atoms with Gasteiger partial charge in [0, 0.05) is 19.2 Å². The van der Waals surface area contributed by atoms with Crippen LogP contribution in [-0.4, -0.2) is 30.8 Å². The van der Waals surface area contributed by atoms with E-state index in [1.54, 1.807) is 13.0 Å². The van der Waals surface area contributed by atoms with Crippen LogP contribution in [0.1, 0.15) is 18.9 Å². The molecule has 1 aromatic rings. The standard InChI is InChI=1S/C14H16FNO3/c1-10(19-2)14(18)16-12-7-6-11(13(15)9-12)5-3-4-8-17/h6-7,9-10,17H,4,8H2,1-2H3,(H,16,18).